The molecular weight excluding hydrogens is 354 g/mol. The minimum Gasteiger partial charge on any atom is -0.497 e. The Hall–Kier alpha value is -1.79. The highest BCUT2D eigenvalue weighted by molar-refractivity contribution is 5.85. The number of aromatic amines is 1. The fourth-order valence-electron chi connectivity index (χ4n) is 3.82. The molecular formula is C19H28ClN3O3. The molecule has 2 atom stereocenters. The van der Waals surface area contributed by atoms with E-state index in [4.69, 9.17) is 4.74 Å². The molecule has 1 aromatic carbocycles. The van der Waals surface area contributed by atoms with Crippen molar-refractivity contribution in [2.45, 2.75) is 39.2 Å². The average Bonchev–Trinajstić information content (AvgIpc) is 2.97. The molecule has 0 saturated carbocycles. The van der Waals surface area contributed by atoms with Crippen LogP contribution in [0.1, 0.15) is 32.5 Å². The van der Waals surface area contributed by atoms with Gasteiger partial charge in [-0.2, -0.15) is 0 Å². The number of nitrogens with one attached hydrogen (secondary N) is 1. The number of aliphatic carboxylic acids is 1. The summed E-state index contributed by atoms with van der Waals surface area (Å²) >= 11 is 0. The van der Waals surface area contributed by atoms with Gasteiger partial charge in [-0.1, -0.05) is 0 Å². The Morgan fingerprint density at radius 1 is 1.42 bits per heavy atom. The molecule has 0 bridgehead atoms. The molecule has 0 aliphatic carbocycles. The van der Waals surface area contributed by atoms with E-state index in [1.54, 1.807) is 7.11 Å². The summed E-state index contributed by atoms with van der Waals surface area (Å²) in [6, 6.07) is 6.28. The standard InChI is InChI=1S/C19H27N3O3.ClH/c1-12(2)22-7-6-13(9-19(23)24)14(11-22)8-18-20-16-5-4-15(25-3)10-17(16)21-18;/h4-5,10,12-14H,6-9,11H2,1-3H3,(H,20,21)(H,23,24);1H/t13-,14-;/m0./s1. The molecule has 1 fully saturated rings. The Kier molecular flexibility index (Phi) is 6.89. The van der Waals surface area contributed by atoms with Gasteiger partial charge in [0.2, 0.25) is 0 Å². The topological polar surface area (TPSA) is 78.4 Å². The molecule has 2 N–H and O–H groups in total. The van der Waals surface area contributed by atoms with Gasteiger partial charge in [0.1, 0.15) is 11.6 Å². The highest BCUT2D eigenvalue weighted by Crippen LogP contribution is 2.30. The number of hydrogen-bond acceptors (Lipinski definition) is 4. The number of benzene rings is 1. The molecule has 1 aromatic heterocycles. The summed E-state index contributed by atoms with van der Waals surface area (Å²) < 4.78 is 5.26. The Labute approximate surface area is 160 Å². The number of carboxylic acids is 1. The summed E-state index contributed by atoms with van der Waals surface area (Å²) in [6.07, 6.45) is 1.95. The van der Waals surface area contributed by atoms with E-state index < -0.39 is 5.97 Å². The number of imidazole rings is 1. The first-order valence-corrected chi connectivity index (χ1v) is 8.94. The molecule has 1 saturated heterocycles. The van der Waals surface area contributed by atoms with Gasteiger partial charge in [0.15, 0.2) is 0 Å². The lowest BCUT2D eigenvalue weighted by molar-refractivity contribution is -0.139. The van der Waals surface area contributed by atoms with Gasteiger partial charge in [-0.25, -0.2) is 4.98 Å². The zero-order valence-electron chi connectivity index (χ0n) is 15.6. The van der Waals surface area contributed by atoms with Crippen LogP contribution in [0.3, 0.4) is 0 Å². The highest BCUT2D eigenvalue weighted by Gasteiger charge is 2.32. The van der Waals surface area contributed by atoms with Crippen LogP contribution in [0.5, 0.6) is 5.75 Å². The Balaban J connectivity index is 0.00000243. The predicted octanol–water partition coefficient (Wildman–Crippen LogP) is 3.36. The molecule has 0 unspecified atom stereocenters. The van der Waals surface area contributed by atoms with Gasteiger partial charge in [0, 0.05) is 31.5 Å². The number of fused-ring (bicyclic) bond motifs is 1. The molecule has 1 aliphatic rings. The van der Waals surface area contributed by atoms with Crippen LogP contribution in [0.2, 0.25) is 0 Å². The van der Waals surface area contributed by atoms with Crippen LogP contribution in [0.25, 0.3) is 11.0 Å². The van der Waals surface area contributed by atoms with E-state index in [1.807, 2.05) is 18.2 Å². The number of hydrogen-bond donors (Lipinski definition) is 2. The second-order valence-corrected chi connectivity index (χ2v) is 7.27. The zero-order chi connectivity index (χ0) is 18.0. The summed E-state index contributed by atoms with van der Waals surface area (Å²) in [5, 5.41) is 9.25. The van der Waals surface area contributed by atoms with Crippen LogP contribution in [-0.2, 0) is 11.2 Å². The Bertz CT molecular complexity index is 747. The number of halogens is 1. The molecule has 6 nitrogen and oxygen atoms in total. The Morgan fingerprint density at radius 2 is 2.19 bits per heavy atom. The number of carboxylic acid groups (broad SMARTS) is 1. The van der Waals surface area contributed by atoms with Crippen molar-refractivity contribution in [3.05, 3.63) is 24.0 Å². The Morgan fingerprint density at radius 3 is 2.85 bits per heavy atom. The lowest BCUT2D eigenvalue weighted by atomic mass is 9.80. The monoisotopic (exact) mass is 381 g/mol. The van der Waals surface area contributed by atoms with E-state index in [0.717, 1.165) is 48.5 Å². The number of H-pyrrole nitrogens is 1. The van der Waals surface area contributed by atoms with Crippen LogP contribution in [-0.4, -0.2) is 52.2 Å². The van der Waals surface area contributed by atoms with Gasteiger partial charge in [0.25, 0.3) is 0 Å². The first-order valence-electron chi connectivity index (χ1n) is 8.94. The maximum Gasteiger partial charge on any atom is 0.303 e. The first-order chi connectivity index (χ1) is 12.0. The van der Waals surface area contributed by atoms with E-state index >= 15 is 0 Å². The number of rotatable bonds is 6. The lowest BCUT2D eigenvalue weighted by Crippen LogP contribution is -2.45. The number of carbonyl (C=O) groups is 1. The molecule has 0 spiro atoms. The summed E-state index contributed by atoms with van der Waals surface area (Å²) in [5.74, 6) is 1.52. The van der Waals surface area contributed by atoms with Gasteiger partial charge in [-0.15, -0.1) is 12.4 Å². The third kappa shape index (κ3) is 4.68. The number of methoxy groups -OCH3 is 1. The van der Waals surface area contributed by atoms with Crippen LogP contribution < -0.4 is 4.74 Å². The van der Waals surface area contributed by atoms with Gasteiger partial charge in [-0.3, -0.25) is 4.79 Å². The minimum atomic E-state index is -0.706. The number of likely N-dealkylation sites (tertiary alicyclic amines) is 1. The fraction of sp³-hybridized carbons (Fsp3) is 0.579. The highest BCUT2D eigenvalue weighted by atomic mass is 35.5. The third-order valence-corrected chi connectivity index (χ3v) is 5.28. The SMILES string of the molecule is COc1ccc2nc(C[C@H]3CN(C(C)C)CC[C@H]3CC(=O)O)[nH]c2c1.Cl. The normalized spacial score (nSPS) is 20.9. The van der Waals surface area contributed by atoms with Gasteiger partial charge >= 0.3 is 5.97 Å². The number of aromatic nitrogens is 2. The maximum absolute atomic E-state index is 11.2. The van der Waals surface area contributed by atoms with Crippen molar-refractivity contribution in [1.82, 2.24) is 14.9 Å². The van der Waals surface area contributed by atoms with Crippen LogP contribution in [0, 0.1) is 11.8 Å². The van der Waals surface area contributed by atoms with Crippen molar-refractivity contribution in [3.63, 3.8) is 0 Å². The third-order valence-electron chi connectivity index (χ3n) is 5.28. The fourth-order valence-corrected chi connectivity index (χ4v) is 3.82. The van der Waals surface area contributed by atoms with E-state index in [9.17, 15) is 9.90 Å². The second kappa shape index (κ2) is 8.73. The zero-order valence-corrected chi connectivity index (χ0v) is 16.4. The van der Waals surface area contributed by atoms with Crippen molar-refractivity contribution in [3.8, 4) is 5.75 Å². The number of piperidine rings is 1. The van der Waals surface area contributed by atoms with E-state index in [-0.39, 0.29) is 24.7 Å². The lowest BCUT2D eigenvalue weighted by Gasteiger charge is -2.40. The van der Waals surface area contributed by atoms with Crippen molar-refractivity contribution in [1.29, 1.82) is 0 Å². The van der Waals surface area contributed by atoms with Crippen molar-refractivity contribution < 1.29 is 14.6 Å². The van der Waals surface area contributed by atoms with Gasteiger partial charge in [0.05, 0.1) is 18.1 Å². The molecule has 0 amide bonds. The summed E-state index contributed by atoms with van der Waals surface area (Å²) in [4.78, 5) is 21.7. The molecule has 7 heteroatoms. The smallest absolute Gasteiger partial charge is 0.303 e. The average molecular weight is 382 g/mol. The van der Waals surface area contributed by atoms with E-state index in [2.05, 4.69) is 28.7 Å². The van der Waals surface area contributed by atoms with Gasteiger partial charge in [-0.05, 0) is 50.8 Å². The predicted molar refractivity (Wildman–Crippen MR) is 104 cm³/mol. The second-order valence-electron chi connectivity index (χ2n) is 7.27. The van der Waals surface area contributed by atoms with Crippen LogP contribution >= 0.6 is 12.4 Å². The molecule has 2 aromatic rings. The molecule has 0 radical (unpaired) electrons. The number of nitrogens with zero attached hydrogens (tertiary/aromatic N) is 2. The molecule has 3 rings (SSSR count). The minimum absolute atomic E-state index is 0. The molecule has 2 heterocycles. The summed E-state index contributed by atoms with van der Waals surface area (Å²) in [5.41, 5.74) is 1.88. The first kappa shape index (κ1) is 20.5. The largest absolute Gasteiger partial charge is 0.497 e. The quantitative estimate of drug-likeness (QED) is 0.802. The van der Waals surface area contributed by atoms with Crippen LogP contribution in [0.4, 0.5) is 0 Å². The molecule has 26 heavy (non-hydrogen) atoms. The number of ether oxygens (including phenoxy) is 1. The van der Waals surface area contributed by atoms with Crippen molar-refractivity contribution >= 4 is 29.4 Å². The van der Waals surface area contributed by atoms with E-state index in [1.165, 1.54) is 0 Å². The van der Waals surface area contributed by atoms with E-state index in [0.29, 0.717) is 12.0 Å². The van der Waals surface area contributed by atoms with Crippen molar-refractivity contribution in [2.75, 3.05) is 20.2 Å². The summed E-state index contributed by atoms with van der Waals surface area (Å²) in [7, 11) is 1.65. The molecule has 144 valence electrons. The van der Waals surface area contributed by atoms with Crippen molar-refractivity contribution in [2.24, 2.45) is 11.8 Å². The molecule has 1 aliphatic heterocycles. The summed E-state index contributed by atoms with van der Waals surface area (Å²) in [6.45, 7) is 6.30. The maximum atomic E-state index is 11.2. The van der Waals surface area contributed by atoms with Crippen LogP contribution in [0.15, 0.2) is 18.2 Å². The van der Waals surface area contributed by atoms with Gasteiger partial charge < -0.3 is 19.7 Å².